The molecule has 1 atom stereocenters. The summed E-state index contributed by atoms with van der Waals surface area (Å²) in [4.78, 5) is 19.5. The minimum Gasteiger partial charge on any atom is -0.340 e. The van der Waals surface area contributed by atoms with Crippen LogP contribution in [0, 0.1) is 11.5 Å². The zero-order valence-electron chi connectivity index (χ0n) is 18.6. The van der Waals surface area contributed by atoms with Crippen LogP contribution in [-0.4, -0.2) is 51.9 Å². The normalized spacial score (nSPS) is 18.4. The monoisotopic (exact) mass is 489 g/mol. The highest BCUT2D eigenvalue weighted by Crippen LogP contribution is 2.42. The summed E-state index contributed by atoms with van der Waals surface area (Å²) >= 11 is 8.15. The Balaban J connectivity index is 1.37. The average Bonchev–Trinajstić information content (AvgIpc) is 3.04. The van der Waals surface area contributed by atoms with E-state index in [4.69, 9.17) is 16.6 Å². The van der Waals surface area contributed by atoms with Gasteiger partial charge in [-0.05, 0) is 41.0 Å². The van der Waals surface area contributed by atoms with Gasteiger partial charge in [0, 0.05) is 60.4 Å². The lowest BCUT2D eigenvalue weighted by molar-refractivity contribution is 0.145. The van der Waals surface area contributed by atoms with Crippen LogP contribution in [0.1, 0.15) is 28.4 Å². The summed E-state index contributed by atoms with van der Waals surface area (Å²) in [5.41, 5.74) is 4.63. The fourth-order valence-corrected chi connectivity index (χ4v) is 5.82. The van der Waals surface area contributed by atoms with Gasteiger partial charge in [-0.3, -0.25) is 20.2 Å². The van der Waals surface area contributed by atoms with Crippen molar-refractivity contribution in [2.45, 2.75) is 23.2 Å². The summed E-state index contributed by atoms with van der Waals surface area (Å²) < 4.78 is 0. The highest BCUT2D eigenvalue weighted by atomic mass is 35.5. The number of halogens is 1. The fraction of sp³-hybridized carbons (Fsp3) is 0.280. The molecule has 9 heteroatoms. The minimum absolute atomic E-state index is 0.0697. The quantitative estimate of drug-likeness (QED) is 0.257. The molecule has 0 radical (unpaired) electrons. The molecule has 3 aromatic rings. The van der Waals surface area contributed by atoms with Crippen LogP contribution < -0.4 is 5.32 Å². The van der Waals surface area contributed by atoms with Gasteiger partial charge in [-0.25, -0.2) is 4.99 Å². The van der Waals surface area contributed by atoms with Crippen molar-refractivity contribution in [1.82, 2.24) is 25.1 Å². The number of nitrogens with zero attached hydrogens (tertiary/aromatic N) is 6. The number of hydrogen-bond donors (Lipinski definition) is 1. The lowest BCUT2D eigenvalue weighted by Crippen LogP contribution is -2.52. The van der Waals surface area contributed by atoms with Crippen LogP contribution in [0.15, 0.2) is 70.9 Å². The van der Waals surface area contributed by atoms with E-state index in [-0.39, 0.29) is 6.04 Å². The van der Waals surface area contributed by atoms with E-state index in [1.165, 1.54) is 16.0 Å². The van der Waals surface area contributed by atoms with Crippen LogP contribution >= 0.6 is 23.4 Å². The van der Waals surface area contributed by atoms with Gasteiger partial charge in [0.25, 0.3) is 0 Å². The van der Waals surface area contributed by atoms with Crippen LogP contribution in [0.4, 0.5) is 0 Å². The molecule has 0 spiro atoms. The van der Waals surface area contributed by atoms with Crippen LogP contribution in [0.2, 0.25) is 5.02 Å². The third-order valence-electron chi connectivity index (χ3n) is 6.12. The van der Waals surface area contributed by atoms with E-state index in [1.807, 2.05) is 48.4 Å². The minimum atomic E-state index is 0.0697. The number of aliphatic imine (C=N–C) groups is 1. The van der Waals surface area contributed by atoms with E-state index in [1.54, 1.807) is 12.4 Å². The maximum Gasteiger partial charge on any atom is 0.207 e. The number of nitriles is 1. The van der Waals surface area contributed by atoms with E-state index >= 15 is 0 Å². The molecule has 0 aliphatic carbocycles. The smallest absolute Gasteiger partial charge is 0.207 e. The number of thioether (sulfide) groups is 1. The van der Waals surface area contributed by atoms with E-state index in [9.17, 15) is 5.26 Å². The second kappa shape index (κ2) is 10.4. The van der Waals surface area contributed by atoms with Crippen molar-refractivity contribution in [3.63, 3.8) is 0 Å². The molecule has 5 rings (SSSR count). The van der Waals surface area contributed by atoms with Gasteiger partial charge < -0.3 is 4.90 Å². The van der Waals surface area contributed by atoms with Gasteiger partial charge in [-0.1, -0.05) is 29.8 Å². The molecule has 0 saturated carbocycles. The van der Waals surface area contributed by atoms with Crippen LogP contribution in [0.25, 0.3) is 0 Å². The number of hydrogen-bond acceptors (Lipinski definition) is 6. The largest absolute Gasteiger partial charge is 0.340 e. The summed E-state index contributed by atoms with van der Waals surface area (Å²) in [6.07, 6.45) is 7.46. The van der Waals surface area contributed by atoms with Crippen molar-refractivity contribution in [2.75, 3.05) is 26.2 Å². The zero-order valence-corrected chi connectivity index (χ0v) is 20.1. The number of nitrogens with one attached hydrogen (secondary N) is 1. The molecule has 1 unspecified atom stereocenters. The van der Waals surface area contributed by atoms with E-state index in [2.05, 4.69) is 43.3 Å². The molecule has 1 aromatic carbocycles. The molecule has 0 amide bonds. The Morgan fingerprint density at radius 2 is 2.03 bits per heavy atom. The molecule has 7 nitrogen and oxygen atoms in total. The van der Waals surface area contributed by atoms with Gasteiger partial charge in [0.2, 0.25) is 5.96 Å². The predicted octanol–water partition coefficient (Wildman–Crippen LogP) is 4.07. The highest BCUT2D eigenvalue weighted by molar-refractivity contribution is 7.98. The van der Waals surface area contributed by atoms with Gasteiger partial charge in [0.1, 0.15) is 0 Å². The molecule has 1 fully saturated rings. The molecular weight excluding hydrogens is 466 g/mol. The van der Waals surface area contributed by atoms with Crippen molar-refractivity contribution in [2.24, 2.45) is 4.99 Å². The average molecular weight is 490 g/mol. The number of benzene rings is 1. The Labute approximate surface area is 208 Å². The molecule has 2 aliphatic rings. The molecule has 4 heterocycles. The first-order chi connectivity index (χ1) is 16.7. The lowest BCUT2D eigenvalue weighted by Gasteiger charge is -2.40. The van der Waals surface area contributed by atoms with E-state index in [0.29, 0.717) is 12.5 Å². The summed E-state index contributed by atoms with van der Waals surface area (Å²) in [5.74, 6) is 1.48. The first kappa shape index (κ1) is 22.7. The van der Waals surface area contributed by atoms with Gasteiger partial charge in [-0.2, -0.15) is 5.26 Å². The maximum atomic E-state index is 9.28. The number of guanidine groups is 1. The van der Waals surface area contributed by atoms with Crippen LogP contribution in [0.5, 0.6) is 0 Å². The number of fused-ring (bicyclic) bond motifs is 2. The second-order valence-corrected chi connectivity index (χ2v) is 9.64. The van der Waals surface area contributed by atoms with E-state index in [0.717, 1.165) is 48.2 Å². The molecule has 172 valence electrons. The van der Waals surface area contributed by atoms with Gasteiger partial charge in [-0.15, -0.1) is 11.8 Å². The number of rotatable bonds is 3. The Kier molecular flexibility index (Phi) is 6.95. The number of piperazine rings is 1. The number of pyridine rings is 2. The molecular formula is C25H24ClN7S. The molecule has 0 bridgehead atoms. The van der Waals surface area contributed by atoms with Gasteiger partial charge in [0.15, 0.2) is 6.19 Å². The first-order valence-electron chi connectivity index (χ1n) is 11.2. The highest BCUT2D eigenvalue weighted by Gasteiger charge is 2.33. The Hall–Kier alpha value is -3.12. The molecule has 34 heavy (non-hydrogen) atoms. The predicted molar refractivity (Wildman–Crippen MR) is 134 cm³/mol. The zero-order chi connectivity index (χ0) is 23.3. The SMILES string of the molecule is N#CNC(=NCc1cccnc1)N1CCN(C2c3ccc(Cl)cc3SCc3cccnc32)CC1. The standard InChI is InChI=1S/C25H24ClN7S/c26-20-5-6-21-22(13-20)34-16-19-4-2-8-29-23(19)24(21)32-9-11-33(12-10-32)25(31-17-27)30-15-18-3-1-7-28-14-18/h1-8,13-14,24H,9-12,15-16H2,(H,30,31). The van der Waals surface area contributed by atoms with Crippen molar-refractivity contribution >= 4 is 29.3 Å². The van der Waals surface area contributed by atoms with Crippen LogP contribution in [-0.2, 0) is 12.3 Å². The summed E-state index contributed by atoms with van der Waals surface area (Å²) in [6.45, 7) is 3.65. The van der Waals surface area contributed by atoms with Crippen molar-refractivity contribution < 1.29 is 0 Å². The summed E-state index contributed by atoms with van der Waals surface area (Å²) in [6, 6.07) is 14.3. The Morgan fingerprint density at radius 1 is 1.18 bits per heavy atom. The van der Waals surface area contributed by atoms with Crippen molar-refractivity contribution in [1.29, 1.82) is 5.26 Å². The Morgan fingerprint density at radius 3 is 2.82 bits per heavy atom. The third-order valence-corrected chi connectivity index (χ3v) is 7.47. The van der Waals surface area contributed by atoms with Gasteiger partial charge >= 0.3 is 0 Å². The molecule has 1 N–H and O–H groups in total. The first-order valence-corrected chi connectivity index (χ1v) is 12.5. The summed E-state index contributed by atoms with van der Waals surface area (Å²) in [5, 5.41) is 12.8. The fourth-order valence-electron chi connectivity index (χ4n) is 4.47. The maximum absolute atomic E-state index is 9.28. The topological polar surface area (TPSA) is 80.4 Å². The molecule has 1 saturated heterocycles. The third kappa shape index (κ3) is 4.87. The van der Waals surface area contributed by atoms with Crippen molar-refractivity contribution in [3.8, 4) is 6.19 Å². The van der Waals surface area contributed by atoms with E-state index < -0.39 is 0 Å². The summed E-state index contributed by atoms with van der Waals surface area (Å²) in [7, 11) is 0. The van der Waals surface area contributed by atoms with Crippen molar-refractivity contribution in [3.05, 3.63) is 88.5 Å². The number of aromatic nitrogens is 2. The molecule has 2 aliphatic heterocycles. The van der Waals surface area contributed by atoms with Crippen LogP contribution in [0.3, 0.4) is 0 Å². The van der Waals surface area contributed by atoms with Gasteiger partial charge in [0.05, 0.1) is 18.3 Å². The Bertz CT molecular complexity index is 1220. The lowest BCUT2D eigenvalue weighted by atomic mass is 9.97. The molecule has 2 aromatic heterocycles. The second-order valence-electron chi connectivity index (χ2n) is 8.18.